The molecule has 19 heavy (non-hydrogen) atoms. The van der Waals surface area contributed by atoms with E-state index in [-0.39, 0.29) is 11.5 Å². The van der Waals surface area contributed by atoms with Gasteiger partial charge in [0.15, 0.2) is 0 Å². The summed E-state index contributed by atoms with van der Waals surface area (Å²) in [4.78, 5) is 24.8. The molecule has 3 unspecified atom stereocenters. The smallest absolute Gasteiger partial charge is 0.270 e. The molecule has 2 fully saturated rings. The molecule has 1 spiro atoms. The number of rotatable bonds is 0. The van der Waals surface area contributed by atoms with Crippen LogP contribution in [0.4, 0.5) is 0 Å². The number of halogens is 1. The first kappa shape index (κ1) is 11.7. The van der Waals surface area contributed by atoms with Gasteiger partial charge in [-0.1, -0.05) is 0 Å². The minimum Gasteiger partial charge on any atom is -0.327 e. The van der Waals surface area contributed by atoms with E-state index >= 15 is 0 Å². The van der Waals surface area contributed by atoms with E-state index in [2.05, 4.69) is 21.2 Å². The molecular weight excluding hydrogens is 308 g/mol. The molecule has 0 radical (unpaired) electrons. The van der Waals surface area contributed by atoms with Crippen molar-refractivity contribution in [3.8, 4) is 0 Å². The highest BCUT2D eigenvalue weighted by atomic mass is 79.9. The maximum atomic E-state index is 12.5. The van der Waals surface area contributed by atoms with Crippen LogP contribution in [0.5, 0.6) is 0 Å². The predicted molar refractivity (Wildman–Crippen MR) is 74.0 cm³/mol. The first-order chi connectivity index (χ1) is 9.03. The summed E-state index contributed by atoms with van der Waals surface area (Å²) >= 11 is 3.33. The van der Waals surface area contributed by atoms with Crippen molar-refractivity contribution in [2.45, 2.75) is 38.3 Å². The summed E-state index contributed by atoms with van der Waals surface area (Å²) in [5, 5.41) is 3.14. The largest absolute Gasteiger partial charge is 0.327 e. The van der Waals surface area contributed by atoms with Gasteiger partial charge in [-0.3, -0.25) is 14.2 Å². The molecule has 100 valence electrons. The molecule has 2 heterocycles. The molecule has 2 aliphatic carbocycles. The maximum absolute atomic E-state index is 12.5. The third-order valence-electron chi connectivity index (χ3n) is 5.11. The van der Waals surface area contributed by atoms with Gasteiger partial charge in [-0.2, -0.15) is 0 Å². The highest BCUT2D eigenvalue weighted by Gasteiger charge is 2.57. The van der Waals surface area contributed by atoms with Crippen molar-refractivity contribution < 1.29 is 4.79 Å². The number of nitrogens with zero attached hydrogens (tertiary/aromatic N) is 1. The highest BCUT2D eigenvalue weighted by Crippen LogP contribution is 2.54. The molecular formula is C14H15BrN2O2. The molecule has 0 aromatic carbocycles. The van der Waals surface area contributed by atoms with Crippen LogP contribution in [-0.2, 0) is 5.66 Å². The number of hydrogen-bond donors (Lipinski definition) is 1. The van der Waals surface area contributed by atoms with E-state index in [1.165, 1.54) is 6.42 Å². The average molecular weight is 323 g/mol. The number of amides is 1. The van der Waals surface area contributed by atoms with Crippen LogP contribution in [0.25, 0.3) is 0 Å². The van der Waals surface area contributed by atoms with Crippen LogP contribution in [0, 0.1) is 18.8 Å². The number of hydrogen-bond acceptors (Lipinski definition) is 2. The number of nitrogens with one attached hydrogen (secondary N) is 1. The maximum Gasteiger partial charge on any atom is 0.270 e. The molecule has 2 saturated carbocycles. The van der Waals surface area contributed by atoms with E-state index in [1.54, 1.807) is 10.6 Å². The highest BCUT2D eigenvalue weighted by molar-refractivity contribution is 9.10. The van der Waals surface area contributed by atoms with Crippen LogP contribution in [0.1, 0.15) is 41.7 Å². The van der Waals surface area contributed by atoms with Gasteiger partial charge < -0.3 is 5.32 Å². The summed E-state index contributed by atoms with van der Waals surface area (Å²) in [6, 6.07) is 1.75. The standard InChI is InChI=1S/C14H15BrN2O2/c1-7-4-10(15)13(19)17-11(7)12(18)16-14(17)6-8-2-3-9(14)5-8/h4,8-9H,2-3,5-6H2,1H3,(H,16,18). The van der Waals surface area contributed by atoms with Gasteiger partial charge in [0.1, 0.15) is 11.4 Å². The van der Waals surface area contributed by atoms with E-state index < -0.39 is 5.66 Å². The third-order valence-corrected chi connectivity index (χ3v) is 5.68. The van der Waals surface area contributed by atoms with Crippen molar-refractivity contribution >= 4 is 21.8 Å². The summed E-state index contributed by atoms with van der Waals surface area (Å²) in [5.41, 5.74) is 0.900. The van der Waals surface area contributed by atoms with Gasteiger partial charge >= 0.3 is 0 Å². The molecule has 1 N–H and O–H groups in total. The summed E-state index contributed by atoms with van der Waals surface area (Å²) in [7, 11) is 0. The molecule has 2 bridgehead atoms. The van der Waals surface area contributed by atoms with Crippen molar-refractivity contribution in [3.63, 3.8) is 0 Å². The van der Waals surface area contributed by atoms with Gasteiger partial charge in [0.2, 0.25) is 0 Å². The lowest BCUT2D eigenvalue weighted by molar-refractivity contribution is 0.0845. The number of carbonyl (C=O) groups is 1. The topological polar surface area (TPSA) is 51.1 Å². The zero-order valence-corrected chi connectivity index (χ0v) is 12.3. The number of aryl methyl sites for hydroxylation is 1. The van der Waals surface area contributed by atoms with Crippen LogP contribution >= 0.6 is 15.9 Å². The van der Waals surface area contributed by atoms with Crippen molar-refractivity contribution in [1.82, 2.24) is 9.88 Å². The van der Waals surface area contributed by atoms with Crippen LogP contribution in [0.2, 0.25) is 0 Å². The van der Waals surface area contributed by atoms with Gasteiger partial charge in [0.05, 0.1) is 4.47 Å². The van der Waals surface area contributed by atoms with Crippen molar-refractivity contribution in [2.24, 2.45) is 11.8 Å². The van der Waals surface area contributed by atoms with Crippen LogP contribution in [0.3, 0.4) is 0 Å². The molecule has 0 saturated heterocycles. The Hall–Kier alpha value is -1.10. The Labute approximate surface area is 119 Å². The average Bonchev–Trinajstić information content (AvgIpc) is 3.00. The van der Waals surface area contributed by atoms with Crippen molar-refractivity contribution in [3.05, 3.63) is 32.2 Å². The fraction of sp³-hybridized carbons (Fsp3) is 0.571. The zero-order valence-electron chi connectivity index (χ0n) is 10.7. The van der Waals surface area contributed by atoms with E-state index in [1.807, 2.05) is 6.92 Å². The molecule has 3 atom stereocenters. The van der Waals surface area contributed by atoms with Gasteiger partial charge in [-0.05, 0) is 66.1 Å². The van der Waals surface area contributed by atoms with Gasteiger partial charge in [-0.15, -0.1) is 0 Å². The lowest BCUT2D eigenvalue weighted by Crippen LogP contribution is -2.51. The first-order valence-corrected chi connectivity index (χ1v) is 7.57. The second kappa shape index (κ2) is 3.51. The van der Waals surface area contributed by atoms with E-state index in [4.69, 9.17) is 0 Å². The van der Waals surface area contributed by atoms with Gasteiger partial charge in [0.25, 0.3) is 11.5 Å². The Morgan fingerprint density at radius 1 is 1.42 bits per heavy atom. The summed E-state index contributed by atoms with van der Waals surface area (Å²) in [6.07, 6.45) is 4.39. The van der Waals surface area contributed by atoms with Crippen molar-refractivity contribution in [1.29, 1.82) is 0 Å². The molecule has 5 heteroatoms. The Morgan fingerprint density at radius 2 is 2.21 bits per heavy atom. The molecule has 1 aromatic rings. The predicted octanol–water partition coefficient (Wildman–Crippen LogP) is 2.14. The van der Waals surface area contributed by atoms with E-state index in [0.29, 0.717) is 22.0 Å². The SMILES string of the molecule is Cc1cc(Br)c(=O)n2c1C(=O)NC21CC2CCC1C2. The minimum atomic E-state index is -0.443. The van der Waals surface area contributed by atoms with Gasteiger partial charge in [0, 0.05) is 5.92 Å². The lowest BCUT2D eigenvalue weighted by Gasteiger charge is -2.35. The normalized spacial score (nSPS) is 34.9. The zero-order chi connectivity index (χ0) is 13.4. The monoisotopic (exact) mass is 322 g/mol. The third kappa shape index (κ3) is 1.29. The first-order valence-electron chi connectivity index (χ1n) is 6.78. The minimum absolute atomic E-state index is 0.0773. The Balaban J connectivity index is 2.03. The van der Waals surface area contributed by atoms with Crippen LogP contribution < -0.4 is 10.9 Å². The molecule has 4 rings (SSSR count). The van der Waals surface area contributed by atoms with Crippen molar-refractivity contribution in [2.75, 3.05) is 0 Å². The van der Waals surface area contributed by atoms with E-state index in [9.17, 15) is 9.59 Å². The van der Waals surface area contributed by atoms with Crippen LogP contribution in [-0.4, -0.2) is 10.5 Å². The quantitative estimate of drug-likeness (QED) is 0.795. The fourth-order valence-corrected chi connectivity index (χ4v) is 4.93. The molecule has 4 nitrogen and oxygen atoms in total. The molecule has 3 aliphatic rings. The molecule has 1 aliphatic heterocycles. The number of fused-ring (bicyclic) bond motifs is 5. The molecule has 1 amide bonds. The number of pyridine rings is 1. The fourth-order valence-electron chi connectivity index (χ4n) is 4.41. The number of carbonyl (C=O) groups excluding carboxylic acids is 1. The molecule has 1 aromatic heterocycles. The van der Waals surface area contributed by atoms with E-state index in [0.717, 1.165) is 24.8 Å². The van der Waals surface area contributed by atoms with Gasteiger partial charge in [-0.25, -0.2) is 0 Å². The van der Waals surface area contributed by atoms with Crippen LogP contribution in [0.15, 0.2) is 15.3 Å². The summed E-state index contributed by atoms with van der Waals surface area (Å²) in [6.45, 7) is 1.89. The summed E-state index contributed by atoms with van der Waals surface area (Å²) < 4.78 is 2.30. The second-order valence-electron chi connectivity index (χ2n) is 6.12. The number of aromatic nitrogens is 1. The summed E-state index contributed by atoms with van der Waals surface area (Å²) in [5.74, 6) is 0.978. The lowest BCUT2D eigenvalue weighted by atomic mass is 9.88. The Bertz CT molecular complexity index is 666. The Morgan fingerprint density at radius 3 is 2.84 bits per heavy atom. The second-order valence-corrected chi connectivity index (χ2v) is 6.98. The Kier molecular flexibility index (Phi) is 2.16.